The van der Waals surface area contributed by atoms with Gasteiger partial charge < -0.3 is 14.0 Å². The van der Waals surface area contributed by atoms with E-state index in [0.717, 1.165) is 55.6 Å². The van der Waals surface area contributed by atoms with Gasteiger partial charge in [-0.05, 0) is 51.4 Å². The number of rotatable bonds is 6. The first-order valence-corrected chi connectivity index (χ1v) is 22.4. The maximum Gasteiger partial charge on any atom is 0.120 e. The summed E-state index contributed by atoms with van der Waals surface area (Å²) in [4.78, 5) is 9.82. The van der Waals surface area contributed by atoms with Crippen LogP contribution in [-0.2, 0) is 20.1 Å². The van der Waals surface area contributed by atoms with E-state index in [-0.39, 0.29) is 20.1 Å². The fraction of sp³-hybridized carbons (Fsp3) is 0.184. The van der Waals surface area contributed by atoms with Crippen LogP contribution in [-0.4, -0.2) is 22.6 Å². The molecule has 9 aromatic rings. The van der Waals surface area contributed by atoms with Crippen molar-refractivity contribution in [3.8, 4) is 28.3 Å². The Morgan fingerprint density at radius 1 is 0.655 bits per heavy atom. The van der Waals surface area contributed by atoms with Gasteiger partial charge in [0.15, 0.2) is 0 Å². The zero-order valence-corrected chi connectivity index (χ0v) is 35.8. The number of hydrogen-bond acceptors (Lipinski definition) is 3. The molecule has 0 saturated heterocycles. The molecular formula is C49H45IrN3OSi-2. The van der Waals surface area contributed by atoms with Gasteiger partial charge in [-0.15, -0.1) is 54.1 Å². The average molecular weight is 912 g/mol. The normalized spacial score (nSPS) is 11.7. The second kappa shape index (κ2) is 15.5. The van der Waals surface area contributed by atoms with E-state index in [9.17, 15) is 0 Å². The molecule has 6 heteroatoms. The van der Waals surface area contributed by atoms with Crippen molar-refractivity contribution in [2.75, 3.05) is 0 Å². The van der Waals surface area contributed by atoms with Crippen LogP contribution in [0.1, 0.15) is 50.7 Å². The quantitative estimate of drug-likeness (QED) is 0.123. The summed E-state index contributed by atoms with van der Waals surface area (Å²) in [7, 11) is -1.23. The van der Waals surface area contributed by atoms with Gasteiger partial charge in [-0.25, -0.2) is 0 Å². The predicted molar refractivity (Wildman–Crippen MR) is 230 cm³/mol. The van der Waals surface area contributed by atoms with E-state index in [1.807, 2.05) is 48.7 Å². The molecule has 1 radical (unpaired) electrons. The summed E-state index contributed by atoms with van der Waals surface area (Å²) in [6, 6.07) is 50.9. The first-order chi connectivity index (χ1) is 26.1. The van der Waals surface area contributed by atoms with Crippen molar-refractivity contribution in [2.24, 2.45) is 0 Å². The molecule has 55 heavy (non-hydrogen) atoms. The monoisotopic (exact) mass is 912 g/mol. The van der Waals surface area contributed by atoms with Crippen LogP contribution in [0.3, 0.4) is 0 Å². The van der Waals surface area contributed by atoms with E-state index in [2.05, 4.69) is 154 Å². The predicted octanol–water partition coefficient (Wildman–Crippen LogP) is 12.9. The number of fused-ring (bicyclic) bond motifs is 6. The van der Waals surface area contributed by atoms with Crippen molar-refractivity contribution in [2.45, 2.75) is 59.2 Å². The van der Waals surface area contributed by atoms with Gasteiger partial charge in [-0.1, -0.05) is 137 Å². The van der Waals surface area contributed by atoms with Crippen molar-refractivity contribution in [1.82, 2.24) is 14.5 Å². The Bertz CT molecular complexity index is 2730. The molecule has 0 saturated carbocycles. The van der Waals surface area contributed by atoms with E-state index in [1.54, 1.807) is 0 Å². The third-order valence-electron chi connectivity index (χ3n) is 10.3. The molecule has 0 amide bonds. The zero-order chi connectivity index (χ0) is 37.6. The third-order valence-corrected chi connectivity index (χ3v) is 12.3. The summed E-state index contributed by atoms with van der Waals surface area (Å²) >= 11 is 0. The Labute approximate surface area is 338 Å². The molecule has 0 atom stereocenters. The second-order valence-electron chi connectivity index (χ2n) is 15.7. The molecule has 3 heterocycles. The van der Waals surface area contributed by atoms with Crippen molar-refractivity contribution >= 4 is 57.0 Å². The largest absolute Gasteiger partial charge is 0.501 e. The van der Waals surface area contributed by atoms with Crippen molar-refractivity contribution in [3.63, 3.8) is 0 Å². The minimum Gasteiger partial charge on any atom is -0.501 e. The molecule has 0 fully saturated rings. The van der Waals surface area contributed by atoms with Gasteiger partial charge in [-0.3, -0.25) is 4.98 Å². The minimum absolute atomic E-state index is 0. The summed E-state index contributed by atoms with van der Waals surface area (Å²) in [5, 5.41) is 5.98. The van der Waals surface area contributed by atoms with Crippen LogP contribution in [0.25, 0.3) is 72.1 Å². The van der Waals surface area contributed by atoms with Gasteiger partial charge in [0, 0.05) is 42.8 Å². The summed E-state index contributed by atoms with van der Waals surface area (Å²) in [6.45, 7) is 16.1. The van der Waals surface area contributed by atoms with Crippen LogP contribution in [0, 0.1) is 12.1 Å². The van der Waals surface area contributed by atoms with Crippen molar-refractivity contribution in [3.05, 3.63) is 157 Å². The number of benzene rings is 6. The molecule has 4 nitrogen and oxygen atoms in total. The van der Waals surface area contributed by atoms with Crippen molar-refractivity contribution < 1.29 is 24.5 Å². The first-order valence-electron chi connectivity index (χ1n) is 18.9. The Morgan fingerprint density at radius 2 is 1.36 bits per heavy atom. The number of pyridine rings is 1. The number of hydrogen-bond donors (Lipinski definition) is 0. The van der Waals surface area contributed by atoms with Gasteiger partial charge in [0.2, 0.25) is 0 Å². The van der Waals surface area contributed by atoms with E-state index in [1.165, 1.54) is 32.8 Å². The molecule has 3 aromatic heterocycles. The first kappa shape index (κ1) is 38.2. The van der Waals surface area contributed by atoms with Crippen LogP contribution in [0.2, 0.25) is 19.6 Å². The van der Waals surface area contributed by atoms with Crippen LogP contribution in [0.4, 0.5) is 0 Å². The SMILES string of the molecule is CC(C)c1cccc(C(C)C)c1-n1c(-c2[c-]ccc3c2oc2ccccc23)nc2ccc3ccccc3c21.C[Si](C)(C)c1ccc(-c2[c-]cccc2)nc1.[Ir]. The molecule has 0 aliphatic rings. The number of imidazole rings is 1. The van der Waals surface area contributed by atoms with Crippen LogP contribution >= 0.6 is 0 Å². The molecule has 9 rings (SSSR count). The smallest absolute Gasteiger partial charge is 0.120 e. The van der Waals surface area contributed by atoms with Crippen LogP contribution in [0.15, 0.2) is 138 Å². The van der Waals surface area contributed by atoms with E-state index in [0.29, 0.717) is 11.8 Å². The molecule has 0 bridgehead atoms. The Hall–Kier alpha value is -5.13. The fourth-order valence-corrected chi connectivity index (χ4v) is 8.44. The van der Waals surface area contributed by atoms with E-state index in [4.69, 9.17) is 9.40 Å². The molecule has 0 aliphatic carbocycles. The molecular weight excluding hydrogens is 867 g/mol. The number of nitrogens with zero attached hydrogens (tertiary/aromatic N) is 3. The van der Waals surface area contributed by atoms with Crippen LogP contribution < -0.4 is 5.19 Å². The second-order valence-corrected chi connectivity index (χ2v) is 20.7. The molecule has 0 N–H and O–H groups in total. The fourth-order valence-electron chi connectivity index (χ4n) is 7.40. The third kappa shape index (κ3) is 7.23. The van der Waals surface area contributed by atoms with E-state index < -0.39 is 8.07 Å². The molecule has 277 valence electrons. The van der Waals surface area contributed by atoms with Gasteiger partial charge in [-0.2, -0.15) is 0 Å². The molecule has 0 spiro atoms. The Balaban J connectivity index is 0.000000231. The van der Waals surface area contributed by atoms with Gasteiger partial charge >= 0.3 is 0 Å². The van der Waals surface area contributed by atoms with Crippen LogP contribution in [0.5, 0.6) is 0 Å². The number of furan rings is 1. The summed E-state index contributed by atoms with van der Waals surface area (Å²) < 4.78 is 8.87. The summed E-state index contributed by atoms with van der Waals surface area (Å²) in [6.07, 6.45) is 2.02. The molecule has 6 aromatic carbocycles. The minimum atomic E-state index is -1.23. The molecule has 0 aliphatic heterocycles. The van der Waals surface area contributed by atoms with Gasteiger partial charge in [0.25, 0.3) is 0 Å². The summed E-state index contributed by atoms with van der Waals surface area (Å²) in [5.74, 6) is 1.54. The zero-order valence-electron chi connectivity index (χ0n) is 32.4. The van der Waals surface area contributed by atoms with E-state index >= 15 is 0 Å². The molecule has 0 unspecified atom stereocenters. The Morgan fingerprint density at radius 3 is 2.04 bits per heavy atom. The number of aromatic nitrogens is 3. The number of para-hydroxylation sites is 2. The average Bonchev–Trinajstić information content (AvgIpc) is 3.77. The maximum atomic E-state index is 6.48. The standard InChI is InChI=1S/C35H29N2O.C14H16NSi.Ir/c1-21(2)24-14-9-15-25(22(3)4)32(24)37-33-26-12-6-5-11-23(26)19-20-30(33)36-35(37)29-17-10-16-28-27-13-7-8-18-31(27)38-34(28)29;1-16(2,3)13-9-10-14(15-11-13)12-7-5-4-6-8-12;/h5-16,18-22H,1-4H3;4-7,9-11H,1-3H3;/q2*-1;. The topological polar surface area (TPSA) is 43.9 Å². The summed E-state index contributed by atoms with van der Waals surface area (Å²) in [5.41, 5.74) is 10.6. The van der Waals surface area contributed by atoms with Crippen molar-refractivity contribution in [1.29, 1.82) is 0 Å². The Kier molecular flexibility index (Phi) is 10.8. The maximum absolute atomic E-state index is 6.48. The van der Waals surface area contributed by atoms with Gasteiger partial charge in [0.1, 0.15) is 5.58 Å². The van der Waals surface area contributed by atoms with Gasteiger partial charge in [0.05, 0.1) is 30.5 Å².